The van der Waals surface area contributed by atoms with Crippen LogP contribution in [0.3, 0.4) is 0 Å². The summed E-state index contributed by atoms with van der Waals surface area (Å²) in [6.45, 7) is 4.28. The third kappa shape index (κ3) is 45.2. The van der Waals surface area contributed by atoms with E-state index in [-0.39, 0.29) is 32.0 Å². The Balaban J connectivity index is 4.37. The zero-order valence-corrected chi connectivity index (χ0v) is 40.1. The van der Waals surface area contributed by atoms with Gasteiger partial charge in [0.2, 0.25) is 0 Å². The molecular weight excluding hydrogens is 774 g/mol. The van der Waals surface area contributed by atoms with Crippen molar-refractivity contribution < 1.29 is 42.1 Å². The molecule has 10 heteroatoms. The standard InChI is InChI=1S/C50H90NO8P/c1-6-8-10-12-14-16-18-20-22-24-25-27-29-31-33-35-37-39-41-43-50(53)59-48(47-58-60(54,55)57-45-44-51(3,4)5)46-56-49(52)42-40-38-36-34-32-30-28-26-23-21-19-17-15-13-11-9-7-2/h8,10,14,16,20,22,25,27,31,33,48H,6-7,9,11-13,15,17-19,21,23-24,26,28-30,32,34-47H2,1-5H3/p+1/b10-8-,16-14-,22-20-,27-25-,33-31-/t48-/m1/s1. The lowest BCUT2D eigenvalue weighted by Crippen LogP contribution is -2.37. The van der Waals surface area contributed by atoms with Crippen molar-refractivity contribution in [2.45, 2.75) is 200 Å². The molecule has 1 N–H and O–H groups in total. The number of carbonyl (C=O) groups is 2. The van der Waals surface area contributed by atoms with Gasteiger partial charge in [-0.05, 0) is 57.8 Å². The normalized spacial score (nSPS) is 14.0. The molecule has 0 fully saturated rings. The van der Waals surface area contributed by atoms with Gasteiger partial charge in [-0.2, -0.15) is 0 Å². The molecule has 1 unspecified atom stereocenters. The maximum atomic E-state index is 12.7. The number of nitrogens with zero attached hydrogens (tertiary/aromatic N) is 1. The monoisotopic (exact) mass is 865 g/mol. The van der Waals surface area contributed by atoms with Gasteiger partial charge in [0.25, 0.3) is 0 Å². The number of hydrogen-bond donors (Lipinski definition) is 1. The van der Waals surface area contributed by atoms with E-state index in [2.05, 4.69) is 74.6 Å². The predicted octanol–water partition coefficient (Wildman–Crippen LogP) is 14.0. The smallest absolute Gasteiger partial charge is 0.462 e. The number of esters is 2. The highest BCUT2D eigenvalue weighted by Gasteiger charge is 2.27. The Kier molecular flexibility index (Phi) is 40.4. The summed E-state index contributed by atoms with van der Waals surface area (Å²) in [5, 5.41) is 0. The Morgan fingerprint density at radius 2 is 0.950 bits per heavy atom. The number of quaternary nitrogens is 1. The Hall–Kier alpha value is -2.29. The molecule has 0 aromatic rings. The van der Waals surface area contributed by atoms with Crippen molar-refractivity contribution in [1.29, 1.82) is 0 Å². The van der Waals surface area contributed by atoms with Crippen LogP contribution >= 0.6 is 7.82 Å². The third-order valence-electron chi connectivity index (χ3n) is 10.1. The first kappa shape index (κ1) is 57.7. The van der Waals surface area contributed by atoms with Gasteiger partial charge in [-0.15, -0.1) is 0 Å². The Bertz CT molecular complexity index is 1210. The van der Waals surface area contributed by atoms with Crippen LogP contribution in [0.15, 0.2) is 60.8 Å². The van der Waals surface area contributed by atoms with Crippen LogP contribution in [0.4, 0.5) is 0 Å². The molecule has 0 rings (SSSR count). The first-order valence-corrected chi connectivity index (χ1v) is 25.5. The Labute approximate surface area is 368 Å². The van der Waals surface area contributed by atoms with Crippen LogP contribution in [0.1, 0.15) is 194 Å². The number of unbranched alkanes of at least 4 members (excludes halogenated alkanes) is 19. The van der Waals surface area contributed by atoms with Crippen LogP contribution in [-0.2, 0) is 32.7 Å². The van der Waals surface area contributed by atoms with Crippen molar-refractivity contribution >= 4 is 19.8 Å². The summed E-state index contributed by atoms with van der Waals surface area (Å²) in [4.78, 5) is 35.5. The fourth-order valence-corrected chi connectivity index (χ4v) is 7.08. The molecule has 2 atom stereocenters. The molecular formula is C50H91NO8P+. The van der Waals surface area contributed by atoms with Gasteiger partial charge in [-0.25, -0.2) is 4.57 Å². The molecule has 348 valence electrons. The number of carbonyl (C=O) groups excluding carboxylic acids is 2. The molecule has 0 amide bonds. The molecule has 0 aromatic heterocycles. The largest absolute Gasteiger partial charge is 0.472 e. The molecule has 9 nitrogen and oxygen atoms in total. The second-order valence-corrected chi connectivity index (χ2v) is 18.6. The van der Waals surface area contributed by atoms with Crippen LogP contribution in [0.25, 0.3) is 0 Å². The van der Waals surface area contributed by atoms with E-state index < -0.39 is 26.5 Å². The zero-order valence-electron chi connectivity index (χ0n) is 39.2. The van der Waals surface area contributed by atoms with E-state index in [1.807, 2.05) is 21.1 Å². The van der Waals surface area contributed by atoms with Crippen molar-refractivity contribution in [2.24, 2.45) is 0 Å². The highest BCUT2D eigenvalue weighted by Crippen LogP contribution is 2.43. The predicted molar refractivity (Wildman–Crippen MR) is 252 cm³/mol. The first-order valence-electron chi connectivity index (χ1n) is 24.0. The van der Waals surface area contributed by atoms with Crippen molar-refractivity contribution in [1.82, 2.24) is 0 Å². The van der Waals surface area contributed by atoms with Crippen molar-refractivity contribution in [2.75, 3.05) is 47.5 Å². The topological polar surface area (TPSA) is 108 Å². The molecule has 0 radical (unpaired) electrons. The lowest BCUT2D eigenvalue weighted by atomic mass is 10.0. The minimum atomic E-state index is -4.39. The summed E-state index contributed by atoms with van der Waals surface area (Å²) in [5.41, 5.74) is 0. The van der Waals surface area contributed by atoms with Crippen molar-refractivity contribution in [3.63, 3.8) is 0 Å². The number of phosphoric ester groups is 1. The van der Waals surface area contributed by atoms with Crippen molar-refractivity contribution in [3.05, 3.63) is 60.8 Å². The van der Waals surface area contributed by atoms with E-state index >= 15 is 0 Å². The van der Waals surface area contributed by atoms with Crippen LogP contribution < -0.4 is 0 Å². The summed E-state index contributed by atoms with van der Waals surface area (Å²) in [7, 11) is 1.45. The molecule has 0 saturated heterocycles. The summed E-state index contributed by atoms with van der Waals surface area (Å²) >= 11 is 0. The molecule has 0 aliphatic rings. The Morgan fingerprint density at radius 1 is 0.533 bits per heavy atom. The number of likely N-dealkylation sites (N-methyl/N-ethyl adjacent to an activating group) is 1. The number of hydrogen-bond acceptors (Lipinski definition) is 7. The lowest BCUT2D eigenvalue weighted by Gasteiger charge is -2.24. The van der Waals surface area contributed by atoms with Gasteiger partial charge in [0.05, 0.1) is 27.7 Å². The summed E-state index contributed by atoms with van der Waals surface area (Å²) in [6, 6.07) is 0. The summed E-state index contributed by atoms with van der Waals surface area (Å²) in [5.74, 6) is -0.833. The summed E-state index contributed by atoms with van der Waals surface area (Å²) < 4.78 is 34.4. The lowest BCUT2D eigenvalue weighted by molar-refractivity contribution is -0.870. The molecule has 0 aromatic carbocycles. The fraction of sp³-hybridized carbons (Fsp3) is 0.760. The highest BCUT2D eigenvalue weighted by atomic mass is 31.2. The molecule has 60 heavy (non-hydrogen) atoms. The molecule has 0 aliphatic heterocycles. The van der Waals surface area contributed by atoms with E-state index in [1.165, 1.54) is 89.9 Å². The minimum Gasteiger partial charge on any atom is -0.462 e. The fourth-order valence-electron chi connectivity index (χ4n) is 6.33. The molecule has 0 saturated carbocycles. The molecule has 0 bridgehead atoms. The Morgan fingerprint density at radius 3 is 1.42 bits per heavy atom. The van der Waals surface area contributed by atoms with Gasteiger partial charge in [-0.1, -0.05) is 184 Å². The average molecular weight is 865 g/mol. The van der Waals surface area contributed by atoms with Crippen LogP contribution in [0.5, 0.6) is 0 Å². The summed E-state index contributed by atoms with van der Waals surface area (Å²) in [6.07, 6.45) is 51.3. The van der Waals surface area contributed by atoms with Gasteiger partial charge in [0.1, 0.15) is 19.8 Å². The number of allylic oxidation sites excluding steroid dienone is 10. The molecule has 0 heterocycles. The molecule has 0 spiro atoms. The quantitative estimate of drug-likeness (QED) is 0.0212. The van der Waals surface area contributed by atoms with E-state index in [4.69, 9.17) is 18.5 Å². The van der Waals surface area contributed by atoms with E-state index in [1.54, 1.807) is 0 Å². The van der Waals surface area contributed by atoms with Crippen LogP contribution in [0, 0.1) is 0 Å². The molecule has 0 aliphatic carbocycles. The van der Waals surface area contributed by atoms with Crippen LogP contribution in [-0.4, -0.2) is 74.9 Å². The number of rotatable bonds is 43. The maximum absolute atomic E-state index is 12.7. The first-order chi connectivity index (χ1) is 29.0. The SMILES string of the molecule is CC/C=C\C/C=C\C/C=C\C/C=C\C/C=C\CCCCCC(=O)O[C@H](COC(=O)CCCCCCCCCCCCCCCCCCC)COP(=O)(O)OCC[N+](C)(C)C. The highest BCUT2D eigenvalue weighted by molar-refractivity contribution is 7.47. The zero-order chi connectivity index (χ0) is 44.3. The second-order valence-electron chi connectivity index (χ2n) is 17.1. The van der Waals surface area contributed by atoms with Gasteiger partial charge in [0, 0.05) is 12.8 Å². The van der Waals surface area contributed by atoms with E-state index in [9.17, 15) is 19.0 Å². The van der Waals surface area contributed by atoms with Gasteiger partial charge in [-0.3, -0.25) is 18.6 Å². The van der Waals surface area contributed by atoms with E-state index in [0.29, 0.717) is 17.4 Å². The maximum Gasteiger partial charge on any atom is 0.472 e. The number of ether oxygens (including phenoxy) is 2. The van der Waals surface area contributed by atoms with E-state index in [0.717, 1.165) is 70.6 Å². The van der Waals surface area contributed by atoms with Crippen molar-refractivity contribution in [3.8, 4) is 0 Å². The van der Waals surface area contributed by atoms with Gasteiger partial charge in [0.15, 0.2) is 6.10 Å². The average Bonchev–Trinajstić information content (AvgIpc) is 3.20. The van der Waals surface area contributed by atoms with Gasteiger partial charge < -0.3 is 18.9 Å². The second kappa shape index (κ2) is 42.0. The third-order valence-corrected chi connectivity index (χ3v) is 11.0. The minimum absolute atomic E-state index is 0.0235. The van der Waals surface area contributed by atoms with Gasteiger partial charge >= 0.3 is 19.8 Å². The number of phosphoric acid groups is 1. The van der Waals surface area contributed by atoms with Crippen LogP contribution in [0.2, 0.25) is 0 Å².